The maximum absolute atomic E-state index is 15.1. The summed E-state index contributed by atoms with van der Waals surface area (Å²) in [7, 11) is 0. The van der Waals surface area contributed by atoms with E-state index in [0.29, 0.717) is 47.7 Å². The normalized spacial score (nSPS) is 13.9. The number of carboxylic acid groups (broad SMARTS) is 1. The topological polar surface area (TPSA) is 807 Å². The van der Waals surface area contributed by atoms with E-state index in [1.807, 2.05) is 0 Å². The molecule has 0 fully saturated rings. The Morgan fingerprint density at radius 1 is 0.380 bits per heavy atom. The fourth-order valence-electron chi connectivity index (χ4n) is 14.7. The minimum atomic E-state index is -1.58. The molecule has 1 heterocycles. The molecule has 137 heavy (non-hydrogen) atoms. The summed E-state index contributed by atoms with van der Waals surface area (Å²) in [4.78, 5) is 203. The first kappa shape index (κ1) is 118. The number of guanidine groups is 5. The second-order valence-corrected chi connectivity index (χ2v) is 34.6. The summed E-state index contributed by atoms with van der Waals surface area (Å²) >= 11 is 0. The monoisotopic (exact) mass is 1930 g/mol. The minimum absolute atomic E-state index is 0.00384. The predicted molar refractivity (Wildman–Crippen MR) is 519 cm³/mol. The second kappa shape index (κ2) is 66.1. The standard InChI is InChI=1S/C90H154N30O17/c1-7-9-10-11-12-13-14-15-16-17-18-36-71(123)110-70(52-121)83(134)120-73(54(5)8-2)84(135)118-67(48-56-37-39-58(122)40-38-56)81(132)115-64(33-25-44-104-88(96)97)77(128)112-61(31-23-42-102-86(92)93)75(126)108-51-72(124)109-55(6)74(125)111-63(32-24-43-103-87(94)95)76(127)114-66(35-27-46-106-90(100)101)79(130)117-68(49-57-50-107-60-29-20-19-28-59(57)60)82(133)116-65(34-26-45-105-89(98)99)78(129)113-62(30-21-22-41-91)80(131)119-69(85(136)137)47-53(3)4/h19-20,28-29,37-40,50,53-55,61-70,73,107,121-122H,7-18,21-27,30-36,41-49,51-52,91H2,1-6H3,(H,108,126)(H,109,124)(H,110,123)(H,111,125)(H,112,128)(H,113,129)(H,114,127)(H,115,132)(H,116,133)(H,117,130)(H,118,135)(H,119,131)(H,120,134)(H,136,137)(H4,92,93,102)(H4,94,95,103)(H4,96,97,104)(H4,98,99,105)(H4,100,101,106)/t54-,55-,61-,62-,63-,64-,65-,66-,67-,68-,69-,70-,73-/m0/s1. The average molecular weight is 1930 g/mol. The number of phenolic OH excluding ortho intramolecular Hbond substituents is 1. The SMILES string of the molecule is CCCCCCCCCCCCCC(=O)N[C@@H](CO)C(=O)N[C@H](C(=O)N[C@@H](Cc1ccc(O)cc1)C(=O)N[C@@H](CCCNC(=N)N)C(=O)N[C@@H](CCCNC(=N)N)C(=O)NCC(=O)N[C@@H](C)C(=O)N[C@@H](CCCNC(=N)N)C(=O)N[C@@H](CCCNC(=N)N)C(=O)N[C@@H](Cc1c[nH]c2ccccc12)C(=O)N[C@@H](CCCNC(=N)N)C(=O)N[C@@H](CCCCN)C(=O)N[C@@H](CC(C)C)C(=O)O)[C@@H](C)CC. The zero-order valence-electron chi connectivity index (χ0n) is 80.0. The molecule has 39 N–H and O–H groups in total. The number of hydrogen-bond acceptors (Lipinski definition) is 22. The van der Waals surface area contributed by atoms with Crippen molar-refractivity contribution in [2.45, 2.75) is 300 Å². The Hall–Kier alpha value is -13.4. The number of aliphatic hydroxyl groups is 1. The van der Waals surface area contributed by atoms with Gasteiger partial charge in [-0.2, -0.15) is 0 Å². The van der Waals surface area contributed by atoms with Crippen molar-refractivity contribution in [1.82, 2.24) is 101 Å². The number of unbranched alkanes of at least 4 members (excludes halogenated alkanes) is 11. The molecular weight excluding hydrogens is 1770 g/mol. The van der Waals surface area contributed by atoms with E-state index in [1.165, 1.54) is 63.3 Å². The summed E-state index contributed by atoms with van der Waals surface area (Å²) in [5.41, 5.74) is 35.3. The number of H-pyrrole nitrogens is 1. The lowest BCUT2D eigenvalue weighted by molar-refractivity contribution is -0.143. The molecule has 766 valence electrons. The molecule has 13 amide bonds. The summed E-state index contributed by atoms with van der Waals surface area (Å²) in [5.74, 6) is -16.0. The van der Waals surface area contributed by atoms with E-state index < -0.39 is 204 Å². The Morgan fingerprint density at radius 3 is 1.16 bits per heavy atom. The van der Waals surface area contributed by atoms with Gasteiger partial charge >= 0.3 is 5.97 Å². The van der Waals surface area contributed by atoms with Gasteiger partial charge in [0.1, 0.15) is 78.3 Å². The lowest BCUT2D eigenvalue weighted by atomic mass is 9.96. The number of rotatable bonds is 71. The molecule has 13 atom stereocenters. The van der Waals surface area contributed by atoms with Crippen LogP contribution in [-0.4, -0.2) is 258 Å². The molecule has 0 spiro atoms. The van der Waals surface area contributed by atoms with E-state index in [-0.39, 0.29) is 147 Å². The van der Waals surface area contributed by atoms with Gasteiger partial charge in [-0.15, -0.1) is 0 Å². The Labute approximate surface area is 800 Å². The van der Waals surface area contributed by atoms with Gasteiger partial charge in [-0.05, 0) is 151 Å². The van der Waals surface area contributed by atoms with Gasteiger partial charge < -0.3 is 150 Å². The number of carbonyl (C=O) groups is 14. The number of fused-ring (bicyclic) bond motifs is 1. The summed E-state index contributed by atoms with van der Waals surface area (Å²) in [5, 5.41) is 117. The molecular formula is C90H154N30O17. The van der Waals surface area contributed by atoms with Gasteiger partial charge in [0, 0.05) is 69.1 Å². The number of benzene rings is 2. The molecule has 0 aliphatic carbocycles. The van der Waals surface area contributed by atoms with Crippen molar-refractivity contribution in [3.63, 3.8) is 0 Å². The smallest absolute Gasteiger partial charge is 0.326 e. The van der Waals surface area contributed by atoms with Gasteiger partial charge in [0.15, 0.2) is 29.8 Å². The Balaban J connectivity index is 2.00. The molecule has 0 unspecified atom stereocenters. The van der Waals surface area contributed by atoms with Crippen molar-refractivity contribution in [1.29, 1.82) is 27.0 Å². The van der Waals surface area contributed by atoms with Crippen molar-refractivity contribution >= 4 is 123 Å². The highest BCUT2D eigenvalue weighted by Gasteiger charge is 2.38. The van der Waals surface area contributed by atoms with Gasteiger partial charge in [-0.1, -0.05) is 136 Å². The summed E-state index contributed by atoms with van der Waals surface area (Å²) in [6, 6.07) is -5.10. The molecule has 0 radical (unpaired) electrons. The Morgan fingerprint density at radius 2 is 0.752 bits per heavy atom. The third-order valence-electron chi connectivity index (χ3n) is 22.6. The number of aromatic amines is 1. The highest BCUT2D eigenvalue weighted by atomic mass is 16.4. The summed E-state index contributed by atoms with van der Waals surface area (Å²) < 4.78 is 0. The third kappa shape index (κ3) is 49.1. The number of nitrogens with one attached hydrogen (secondary N) is 24. The van der Waals surface area contributed by atoms with Crippen LogP contribution in [0.25, 0.3) is 10.9 Å². The molecule has 47 nitrogen and oxygen atoms in total. The molecule has 47 heteroatoms. The van der Waals surface area contributed by atoms with Gasteiger partial charge in [0.25, 0.3) is 0 Å². The van der Waals surface area contributed by atoms with Crippen LogP contribution in [-0.2, 0) is 80.0 Å². The molecule has 0 aliphatic rings. The van der Waals surface area contributed by atoms with Gasteiger partial charge in [0.05, 0.1) is 13.2 Å². The zero-order valence-corrected chi connectivity index (χ0v) is 80.0. The van der Waals surface area contributed by atoms with Crippen molar-refractivity contribution in [2.75, 3.05) is 52.4 Å². The van der Waals surface area contributed by atoms with Gasteiger partial charge in [0.2, 0.25) is 76.8 Å². The number of aliphatic hydroxyl groups excluding tert-OH is 1. The van der Waals surface area contributed by atoms with Crippen LogP contribution in [0.15, 0.2) is 54.7 Å². The molecule has 0 saturated heterocycles. The molecule has 0 bridgehead atoms. The van der Waals surface area contributed by atoms with Crippen LogP contribution in [0.4, 0.5) is 0 Å². The number of aromatic hydroxyl groups is 1. The van der Waals surface area contributed by atoms with Crippen molar-refractivity contribution in [3.05, 3.63) is 65.9 Å². The van der Waals surface area contributed by atoms with Crippen LogP contribution in [0.5, 0.6) is 5.75 Å². The summed E-state index contributed by atoms with van der Waals surface area (Å²) in [6.45, 7) is 8.92. The Kier molecular flexibility index (Phi) is 56.9. The van der Waals surface area contributed by atoms with Crippen LogP contribution in [0, 0.1) is 38.9 Å². The average Bonchev–Trinajstić information content (AvgIpc) is 1.72. The largest absolute Gasteiger partial charge is 0.508 e. The number of hydrogen-bond donors (Lipinski definition) is 33. The maximum atomic E-state index is 15.1. The van der Waals surface area contributed by atoms with Crippen LogP contribution in [0.2, 0.25) is 0 Å². The van der Waals surface area contributed by atoms with Crippen LogP contribution >= 0.6 is 0 Å². The lowest BCUT2D eigenvalue weighted by Gasteiger charge is -2.29. The van der Waals surface area contributed by atoms with Gasteiger partial charge in [-0.25, -0.2) is 4.79 Å². The number of nitrogens with two attached hydrogens (primary N) is 6. The second-order valence-electron chi connectivity index (χ2n) is 34.6. The van der Waals surface area contributed by atoms with Crippen LogP contribution < -0.4 is 130 Å². The van der Waals surface area contributed by atoms with Gasteiger partial charge in [-0.3, -0.25) is 89.4 Å². The fraction of sp³-hybridized carbons (Fsp3) is 0.633. The van der Waals surface area contributed by atoms with Crippen molar-refractivity contribution in [2.24, 2.45) is 46.2 Å². The van der Waals surface area contributed by atoms with Crippen molar-refractivity contribution < 1.29 is 82.4 Å². The zero-order chi connectivity index (χ0) is 102. The summed E-state index contributed by atoms with van der Waals surface area (Å²) in [6.07, 6.45) is 13.2. The number of aromatic nitrogens is 1. The van der Waals surface area contributed by atoms with E-state index in [2.05, 4.69) is 108 Å². The number of amides is 13. The number of aliphatic carboxylic acids is 1. The predicted octanol–water partition coefficient (Wildman–Crippen LogP) is -2.07. The van der Waals surface area contributed by atoms with E-state index in [0.717, 1.165) is 32.1 Å². The van der Waals surface area contributed by atoms with E-state index in [1.54, 1.807) is 58.2 Å². The number of phenols is 1. The lowest BCUT2D eigenvalue weighted by Crippen LogP contribution is -2.61. The van der Waals surface area contributed by atoms with Crippen molar-refractivity contribution in [3.8, 4) is 5.75 Å². The van der Waals surface area contributed by atoms with E-state index in [9.17, 15) is 72.9 Å². The van der Waals surface area contributed by atoms with Crippen LogP contribution in [0.1, 0.15) is 226 Å². The Bertz CT molecular complexity index is 4370. The molecule has 3 aromatic rings. The fourth-order valence-corrected chi connectivity index (χ4v) is 14.7. The number of carboxylic acids is 1. The first-order chi connectivity index (χ1) is 65.2. The first-order valence-electron chi connectivity index (χ1n) is 47.4. The maximum Gasteiger partial charge on any atom is 0.326 e. The van der Waals surface area contributed by atoms with E-state index in [4.69, 9.17) is 61.4 Å². The number of para-hydroxylation sites is 1. The quantitative estimate of drug-likeness (QED) is 0.0164. The van der Waals surface area contributed by atoms with Crippen LogP contribution in [0.3, 0.4) is 0 Å². The van der Waals surface area contributed by atoms with E-state index >= 15 is 9.59 Å². The number of carbonyl (C=O) groups excluding carboxylic acids is 13. The first-order valence-corrected chi connectivity index (χ1v) is 47.4. The molecule has 2 aromatic carbocycles. The highest BCUT2D eigenvalue weighted by molar-refractivity contribution is 6.00. The molecule has 0 aliphatic heterocycles. The molecule has 0 saturated carbocycles. The molecule has 1 aromatic heterocycles. The minimum Gasteiger partial charge on any atom is -0.508 e. The molecule has 3 rings (SSSR count). The third-order valence-corrected chi connectivity index (χ3v) is 22.6. The highest BCUT2D eigenvalue weighted by Crippen LogP contribution is 2.22.